The first kappa shape index (κ1) is 63.8. The van der Waals surface area contributed by atoms with E-state index in [0.29, 0.717) is 51.3 Å². The average Bonchev–Trinajstić information content (AvgIpc) is 1.55. The number of hydrogen-bond donors (Lipinski definition) is 0. The van der Waals surface area contributed by atoms with E-state index in [2.05, 4.69) is 158 Å². The Hall–Kier alpha value is -16.1. The Morgan fingerprint density at radius 3 is 0.870 bits per heavy atom. The molecule has 115 heavy (non-hydrogen) atoms. The van der Waals surface area contributed by atoms with Crippen molar-refractivity contribution in [2.75, 3.05) is 0 Å². The van der Waals surface area contributed by atoms with Crippen LogP contribution in [0.2, 0.25) is 0 Å². The fourth-order valence-electron chi connectivity index (χ4n) is 16.8. The topological polar surface area (TPSA) is 184 Å². The van der Waals surface area contributed by atoms with Crippen LogP contribution in [0.3, 0.4) is 0 Å². The summed E-state index contributed by atoms with van der Waals surface area (Å²) in [5.41, 5.74) is 24.7. The highest BCUT2D eigenvalue weighted by Crippen LogP contribution is 2.48. The Balaban J connectivity index is 0.0000000997. The molecule has 0 atom stereocenters. The number of aromatic nitrogens is 10. The fourth-order valence-corrected chi connectivity index (χ4v) is 16.8. The number of hydrogen-bond acceptors (Lipinski definition) is 13. The van der Waals surface area contributed by atoms with Gasteiger partial charge in [-0.1, -0.05) is 224 Å². The molecule has 13 aromatic heterocycles. The molecule has 26 rings (SSSR count). The second kappa shape index (κ2) is 25.2. The molecule has 0 amide bonds. The van der Waals surface area contributed by atoms with Crippen LogP contribution in [0.15, 0.2) is 366 Å². The molecule has 0 aliphatic rings. The molecule has 0 unspecified atom stereocenters. The molecule has 0 fully saturated rings. The minimum atomic E-state index is 0.544. The van der Waals surface area contributed by atoms with Crippen molar-refractivity contribution in [2.24, 2.45) is 0 Å². The van der Waals surface area contributed by atoms with Gasteiger partial charge in [0.25, 0.3) is 0 Å². The maximum absolute atomic E-state index is 6.38. The van der Waals surface area contributed by atoms with E-state index in [9.17, 15) is 0 Å². The summed E-state index contributed by atoms with van der Waals surface area (Å²) < 4.78 is 44.4. The maximum atomic E-state index is 6.38. The molecule has 538 valence electrons. The Morgan fingerprint density at radius 2 is 0.487 bits per heavy atom. The fraction of sp³-hybridized carbons (Fsp3) is 0. The monoisotopic (exact) mass is 1480 g/mol. The molecule has 0 saturated carbocycles. The molecular weight excluding hydrogens is 1430 g/mol. The van der Waals surface area contributed by atoms with E-state index in [1.54, 1.807) is 6.20 Å². The first-order valence-corrected chi connectivity index (χ1v) is 37.9. The largest absolute Gasteiger partial charge is 0.450 e. The highest BCUT2D eigenvalue weighted by molar-refractivity contribution is 6.23. The summed E-state index contributed by atoms with van der Waals surface area (Å²) >= 11 is 0. The lowest BCUT2D eigenvalue weighted by Crippen LogP contribution is -2.03. The average molecular weight is 1480 g/mol. The Bertz CT molecular complexity index is 8190. The SMILES string of the molecule is c1ccc(-c2ccc(-c3nc(-n4c5c6ccccc6oc5c5oc6ccccc6c54)nc4ccccc34)cc2)cc1.c1ccc(-c2nc(-n3c4c5ccccc5oc4c4oc5ccccc5c43)nc3ccccc23)nc1.c1ccc2cc(-c3nc(-n4c5c6ccccc6oc5c5oc6ccccc6c54)nc4ccccc34)ccc2c1. The summed E-state index contributed by atoms with van der Waals surface area (Å²) in [7, 11) is 0. The second-order valence-corrected chi connectivity index (χ2v) is 28.6. The molecule has 16 heteroatoms. The van der Waals surface area contributed by atoms with Gasteiger partial charge in [-0.05, 0) is 131 Å². The van der Waals surface area contributed by atoms with Crippen molar-refractivity contribution in [2.45, 2.75) is 0 Å². The lowest BCUT2D eigenvalue weighted by atomic mass is 10.0. The van der Waals surface area contributed by atoms with Gasteiger partial charge in [0.1, 0.15) is 72.3 Å². The predicted octanol–water partition coefficient (Wildman–Crippen LogP) is 25.9. The molecule has 0 saturated heterocycles. The number of para-hydroxylation sites is 9. The van der Waals surface area contributed by atoms with Crippen LogP contribution in [0.5, 0.6) is 0 Å². The summed E-state index contributed by atoms with van der Waals surface area (Å²) in [5, 5.41) is 11.2. The van der Waals surface area contributed by atoms with Gasteiger partial charge >= 0.3 is 0 Å². The van der Waals surface area contributed by atoms with Crippen LogP contribution in [-0.4, -0.2) is 48.6 Å². The van der Waals surface area contributed by atoms with Crippen molar-refractivity contribution >= 4 is 176 Å². The number of fused-ring (bicyclic) bond motifs is 25. The van der Waals surface area contributed by atoms with E-state index < -0.39 is 0 Å². The third-order valence-electron chi connectivity index (χ3n) is 21.9. The number of pyridine rings is 1. The summed E-state index contributed by atoms with van der Waals surface area (Å²) in [4.78, 5) is 35.4. The van der Waals surface area contributed by atoms with Crippen molar-refractivity contribution in [3.63, 3.8) is 0 Å². The molecule has 0 spiro atoms. The maximum Gasteiger partial charge on any atom is 0.236 e. The van der Waals surface area contributed by atoms with E-state index in [1.165, 1.54) is 16.3 Å². The minimum absolute atomic E-state index is 0.544. The van der Waals surface area contributed by atoms with Gasteiger partial charge < -0.3 is 26.5 Å². The smallest absolute Gasteiger partial charge is 0.236 e. The van der Waals surface area contributed by atoms with E-state index in [-0.39, 0.29) is 0 Å². The van der Waals surface area contributed by atoms with Gasteiger partial charge in [-0.3, -0.25) is 18.7 Å². The highest BCUT2D eigenvalue weighted by atomic mass is 16.4. The lowest BCUT2D eigenvalue weighted by molar-refractivity contribution is 0.634. The number of furan rings is 6. The zero-order chi connectivity index (χ0) is 75.3. The second-order valence-electron chi connectivity index (χ2n) is 28.6. The summed E-state index contributed by atoms with van der Waals surface area (Å²) in [6.45, 7) is 0. The van der Waals surface area contributed by atoms with E-state index >= 15 is 0 Å². The summed E-state index contributed by atoms with van der Waals surface area (Å²) in [6, 6.07) is 112. The van der Waals surface area contributed by atoms with Gasteiger partial charge in [0.2, 0.25) is 17.8 Å². The number of rotatable bonds is 7. The standard InChI is InChI=1S/C36H21N3O2.C34H19N3O2.C29H16N4O2/c1-2-10-22(11-3-1)23-18-20-24(21-19-23)31-25-12-4-7-15-28(25)37-36(38-31)39-32-26-13-5-8-16-29(26)40-34(32)35-33(39)27-14-6-9-17-30(27)41-35;1-2-10-21-19-22(18-17-20(21)9-1)29-23-11-3-6-14-26(23)35-34(36-29)37-30-24-12-4-7-15-27(24)38-32(30)33-31(37)25-13-5-8-16-28(25)39-33;1-4-12-20-17(9-1)24(21-13-7-8-16-30-21)32-29(31-20)33-25-18-10-2-5-14-22(18)34-27(25)28-26(33)19-11-3-6-15-23(19)35-28/h1-21H;1-19H;1-16H. The molecule has 13 heterocycles. The molecule has 0 aliphatic carbocycles. The van der Waals surface area contributed by atoms with E-state index in [1.807, 2.05) is 194 Å². The van der Waals surface area contributed by atoms with E-state index in [0.717, 1.165) is 171 Å². The molecule has 0 aliphatic heterocycles. The Kier molecular flexibility index (Phi) is 14.0. The van der Waals surface area contributed by atoms with Gasteiger partial charge in [-0.15, -0.1) is 0 Å². The first-order valence-electron chi connectivity index (χ1n) is 37.9. The molecular formula is C99H56N10O6. The van der Waals surface area contributed by atoms with E-state index in [4.69, 9.17) is 56.4 Å². The van der Waals surface area contributed by atoms with Crippen molar-refractivity contribution in [1.82, 2.24) is 48.6 Å². The Morgan fingerprint density at radius 1 is 0.200 bits per heavy atom. The molecule has 26 aromatic rings. The van der Waals surface area contributed by atoms with Gasteiger partial charge in [0.05, 0.1) is 33.6 Å². The summed E-state index contributed by atoms with van der Waals surface area (Å²) in [6.07, 6.45) is 1.78. The van der Waals surface area contributed by atoms with Crippen LogP contribution in [0.4, 0.5) is 0 Å². The Labute approximate surface area is 649 Å². The van der Waals surface area contributed by atoms with Crippen molar-refractivity contribution in [1.29, 1.82) is 0 Å². The molecule has 16 nitrogen and oxygen atoms in total. The molecule has 0 radical (unpaired) electrons. The van der Waals surface area contributed by atoms with Crippen LogP contribution in [0.1, 0.15) is 0 Å². The van der Waals surface area contributed by atoms with Crippen LogP contribution < -0.4 is 0 Å². The normalized spacial score (nSPS) is 12.0. The van der Waals surface area contributed by atoms with Crippen LogP contribution >= 0.6 is 0 Å². The van der Waals surface area contributed by atoms with Gasteiger partial charge in [-0.2, -0.15) is 0 Å². The highest BCUT2D eigenvalue weighted by Gasteiger charge is 2.31. The molecule has 0 bridgehead atoms. The van der Waals surface area contributed by atoms with Crippen molar-refractivity contribution < 1.29 is 26.5 Å². The third kappa shape index (κ3) is 9.95. The zero-order valence-electron chi connectivity index (χ0n) is 60.8. The lowest BCUT2D eigenvalue weighted by Gasteiger charge is -2.12. The number of nitrogens with zero attached hydrogens (tertiary/aromatic N) is 10. The van der Waals surface area contributed by atoms with Crippen molar-refractivity contribution in [3.8, 4) is 62.9 Å². The zero-order valence-corrected chi connectivity index (χ0v) is 60.8. The van der Waals surface area contributed by atoms with Crippen LogP contribution in [0, 0.1) is 0 Å². The molecule has 0 N–H and O–H groups in total. The predicted molar refractivity (Wildman–Crippen MR) is 457 cm³/mol. The quantitative estimate of drug-likeness (QED) is 0.147. The van der Waals surface area contributed by atoms with Gasteiger partial charge in [-0.25, -0.2) is 29.9 Å². The summed E-state index contributed by atoms with van der Waals surface area (Å²) in [5.74, 6) is 1.70. The van der Waals surface area contributed by atoms with Gasteiger partial charge in [0, 0.05) is 65.8 Å². The van der Waals surface area contributed by atoms with Crippen LogP contribution in [0.25, 0.3) is 239 Å². The van der Waals surface area contributed by atoms with Crippen LogP contribution in [-0.2, 0) is 0 Å². The third-order valence-corrected chi connectivity index (χ3v) is 21.9. The molecule has 13 aromatic carbocycles. The number of benzene rings is 13. The minimum Gasteiger partial charge on any atom is -0.450 e. The first-order chi connectivity index (χ1) is 57.0. The van der Waals surface area contributed by atoms with Gasteiger partial charge in [0.15, 0.2) is 33.5 Å². The van der Waals surface area contributed by atoms with Crippen molar-refractivity contribution in [3.05, 3.63) is 340 Å².